The Balaban J connectivity index is 1.88. The van der Waals surface area contributed by atoms with Crippen LogP contribution >= 0.6 is 0 Å². The first-order valence-corrected chi connectivity index (χ1v) is 7.48. The number of likely N-dealkylation sites (N-methyl/N-ethyl adjacent to an activating group) is 1. The maximum Gasteiger partial charge on any atom is 0.260 e. The molecule has 0 spiro atoms. The van der Waals surface area contributed by atoms with Crippen molar-refractivity contribution in [3.05, 3.63) is 24.3 Å². The van der Waals surface area contributed by atoms with E-state index in [1.54, 1.807) is 12.1 Å². The van der Waals surface area contributed by atoms with Crippen molar-refractivity contribution in [3.63, 3.8) is 0 Å². The van der Waals surface area contributed by atoms with E-state index in [0.29, 0.717) is 17.5 Å². The number of nitrogens with two attached hydrogens (primary N) is 1. The molecule has 2 rings (SSSR count). The van der Waals surface area contributed by atoms with Crippen LogP contribution in [0.2, 0.25) is 0 Å². The number of anilines is 1. The van der Waals surface area contributed by atoms with E-state index in [1.807, 2.05) is 24.0 Å². The predicted octanol–water partition coefficient (Wildman–Crippen LogP) is 2.83. The minimum atomic E-state index is 0.0711. The largest absolute Gasteiger partial charge is 0.484 e. The van der Waals surface area contributed by atoms with Crippen molar-refractivity contribution in [2.45, 2.75) is 45.1 Å². The highest BCUT2D eigenvalue weighted by atomic mass is 16.5. The van der Waals surface area contributed by atoms with Crippen LogP contribution in [0.4, 0.5) is 5.69 Å². The van der Waals surface area contributed by atoms with Crippen molar-refractivity contribution in [1.29, 1.82) is 0 Å². The van der Waals surface area contributed by atoms with Crippen molar-refractivity contribution >= 4 is 11.6 Å². The lowest BCUT2D eigenvalue weighted by molar-refractivity contribution is -0.136. The van der Waals surface area contributed by atoms with Crippen molar-refractivity contribution < 1.29 is 9.53 Å². The van der Waals surface area contributed by atoms with Gasteiger partial charge < -0.3 is 15.4 Å². The van der Waals surface area contributed by atoms with Crippen LogP contribution in [0.1, 0.15) is 39.0 Å². The third-order valence-electron chi connectivity index (χ3n) is 3.90. The molecule has 1 saturated carbocycles. The van der Waals surface area contributed by atoms with Crippen LogP contribution in [0.25, 0.3) is 0 Å². The van der Waals surface area contributed by atoms with Gasteiger partial charge in [-0.3, -0.25) is 4.79 Å². The molecule has 1 amide bonds. The summed E-state index contributed by atoms with van der Waals surface area (Å²) in [6, 6.07) is 7.58. The number of carbonyl (C=O) groups is 1. The van der Waals surface area contributed by atoms with E-state index in [0.717, 1.165) is 19.4 Å². The molecule has 4 nitrogen and oxygen atoms in total. The normalized spacial score (nSPS) is 15.8. The Morgan fingerprint density at radius 3 is 2.75 bits per heavy atom. The van der Waals surface area contributed by atoms with Crippen molar-refractivity contribution in [3.8, 4) is 5.75 Å². The van der Waals surface area contributed by atoms with Gasteiger partial charge in [0, 0.05) is 24.3 Å². The van der Waals surface area contributed by atoms with Gasteiger partial charge in [0.25, 0.3) is 5.91 Å². The molecular weight excluding hydrogens is 252 g/mol. The Labute approximate surface area is 120 Å². The van der Waals surface area contributed by atoms with Crippen LogP contribution < -0.4 is 10.5 Å². The van der Waals surface area contributed by atoms with Crippen molar-refractivity contribution in [2.24, 2.45) is 0 Å². The molecule has 1 aromatic rings. The number of amides is 1. The highest BCUT2D eigenvalue weighted by Gasteiger charge is 2.24. The second kappa shape index (κ2) is 7.17. The van der Waals surface area contributed by atoms with E-state index in [4.69, 9.17) is 10.5 Å². The van der Waals surface area contributed by atoms with Crippen LogP contribution in [0.15, 0.2) is 24.3 Å². The zero-order valence-electron chi connectivity index (χ0n) is 12.2. The zero-order valence-corrected chi connectivity index (χ0v) is 12.2. The average Bonchev–Trinajstić information content (AvgIpc) is 2.47. The van der Waals surface area contributed by atoms with Crippen LogP contribution in [0.5, 0.6) is 5.75 Å². The van der Waals surface area contributed by atoms with Gasteiger partial charge in [-0.25, -0.2) is 0 Å². The Kier molecular flexibility index (Phi) is 5.27. The molecule has 0 atom stereocenters. The smallest absolute Gasteiger partial charge is 0.260 e. The number of hydrogen-bond acceptors (Lipinski definition) is 3. The number of nitrogens with zero attached hydrogens (tertiary/aromatic N) is 1. The van der Waals surface area contributed by atoms with Gasteiger partial charge in [0.05, 0.1) is 0 Å². The Morgan fingerprint density at radius 1 is 1.35 bits per heavy atom. The monoisotopic (exact) mass is 276 g/mol. The summed E-state index contributed by atoms with van der Waals surface area (Å²) >= 11 is 0. The lowest BCUT2D eigenvalue weighted by atomic mass is 9.94. The average molecular weight is 276 g/mol. The fourth-order valence-electron chi connectivity index (χ4n) is 2.86. The molecule has 1 aliphatic carbocycles. The molecule has 110 valence electrons. The molecule has 1 aromatic carbocycles. The predicted molar refractivity (Wildman–Crippen MR) is 80.6 cm³/mol. The van der Waals surface area contributed by atoms with Gasteiger partial charge in [0.15, 0.2) is 6.61 Å². The Morgan fingerprint density at radius 2 is 2.10 bits per heavy atom. The minimum absolute atomic E-state index is 0.0711. The summed E-state index contributed by atoms with van der Waals surface area (Å²) in [7, 11) is 0. The molecule has 0 bridgehead atoms. The number of benzene rings is 1. The number of nitrogen functional groups attached to an aromatic ring is 1. The van der Waals surface area contributed by atoms with Gasteiger partial charge in [-0.05, 0) is 31.9 Å². The first-order chi connectivity index (χ1) is 9.70. The molecule has 0 aromatic heterocycles. The molecule has 20 heavy (non-hydrogen) atoms. The Hall–Kier alpha value is -1.71. The summed E-state index contributed by atoms with van der Waals surface area (Å²) in [5, 5.41) is 0. The fourth-order valence-corrected chi connectivity index (χ4v) is 2.86. The van der Waals surface area contributed by atoms with Crippen molar-refractivity contribution in [1.82, 2.24) is 4.90 Å². The summed E-state index contributed by atoms with van der Waals surface area (Å²) < 4.78 is 5.55. The van der Waals surface area contributed by atoms with E-state index in [-0.39, 0.29) is 12.5 Å². The highest BCUT2D eigenvalue weighted by molar-refractivity contribution is 5.78. The third-order valence-corrected chi connectivity index (χ3v) is 3.90. The summed E-state index contributed by atoms with van der Waals surface area (Å²) in [5.74, 6) is 0.722. The van der Waals surface area contributed by atoms with E-state index >= 15 is 0 Å². The number of carbonyl (C=O) groups excluding carboxylic acids is 1. The number of hydrogen-bond donors (Lipinski definition) is 1. The standard InChI is InChI=1S/C16H24N2O2/c1-2-18(14-8-4-3-5-9-14)16(19)12-20-15-10-6-7-13(17)11-15/h6-7,10-11,14H,2-5,8-9,12,17H2,1H3. The zero-order chi connectivity index (χ0) is 14.4. The molecule has 4 heteroatoms. The van der Waals surface area contributed by atoms with Crippen LogP contribution in [-0.4, -0.2) is 30.0 Å². The highest BCUT2D eigenvalue weighted by Crippen LogP contribution is 2.23. The quantitative estimate of drug-likeness (QED) is 0.841. The van der Waals surface area contributed by atoms with Gasteiger partial charge in [0.2, 0.25) is 0 Å². The molecule has 0 unspecified atom stereocenters. The van der Waals surface area contributed by atoms with Crippen LogP contribution in [0, 0.1) is 0 Å². The second-order valence-electron chi connectivity index (χ2n) is 5.33. The number of ether oxygens (including phenoxy) is 1. The molecule has 0 aliphatic heterocycles. The molecule has 0 radical (unpaired) electrons. The third kappa shape index (κ3) is 3.89. The summed E-state index contributed by atoms with van der Waals surface area (Å²) in [6.07, 6.45) is 5.99. The maximum atomic E-state index is 12.3. The first kappa shape index (κ1) is 14.7. The first-order valence-electron chi connectivity index (χ1n) is 7.48. The molecular formula is C16H24N2O2. The van der Waals surface area contributed by atoms with Gasteiger partial charge >= 0.3 is 0 Å². The lowest BCUT2D eigenvalue weighted by Crippen LogP contribution is -2.43. The summed E-state index contributed by atoms with van der Waals surface area (Å²) in [5.41, 5.74) is 6.34. The minimum Gasteiger partial charge on any atom is -0.484 e. The fraction of sp³-hybridized carbons (Fsp3) is 0.562. The van der Waals surface area contributed by atoms with E-state index < -0.39 is 0 Å². The molecule has 1 aliphatic rings. The van der Waals surface area contributed by atoms with Gasteiger partial charge in [0.1, 0.15) is 5.75 Å². The Bertz CT molecular complexity index is 442. The van der Waals surface area contributed by atoms with E-state index in [9.17, 15) is 4.79 Å². The SMILES string of the molecule is CCN(C(=O)COc1cccc(N)c1)C1CCCCC1. The van der Waals surface area contributed by atoms with Crippen molar-refractivity contribution in [2.75, 3.05) is 18.9 Å². The topological polar surface area (TPSA) is 55.6 Å². The van der Waals surface area contributed by atoms with Crippen LogP contribution in [-0.2, 0) is 4.79 Å². The summed E-state index contributed by atoms with van der Waals surface area (Å²) in [6.45, 7) is 2.88. The second-order valence-corrected chi connectivity index (χ2v) is 5.33. The number of rotatable bonds is 5. The van der Waals surface area contributed by atoms with E-state index in [1.165, 1.54) is 19.3 Å². The van der Waals surface area contributed by atoms with Crippen LogP contribution in [0.3, 0.4) is 0 Å². The van der Waals surface area contributed by atoms with Gasteiger partial charge in [-0.2, -0.15) is 0 Å². The molecule has 2 N–H and O–H groups in total. The van der Waals surface area contributed by atoms with Gasteiger partial charge in [-0.1, -0.05) is 25.3 Å². The summed E-state index contributed by atoms with van der Waals surface area (Å²) in [4.78, 5) is 14.3. The lowest BCUT2D eigenvalue weighted by Gasteiger charge is -2.33. The molecule has 0 saturated heterocycles. The molecule has 0 heterocycles. The van der Waals surface area contributed by atoms with Gasteiger partial charge in [-0.15, -0.1) is 0 Å². The maximum absolute atomic E-state index is 12.3. The van der Waals surface area contributed by atoms with E-state index in [2.05, 4.69) is 0 Å². The molecule has 1 fully saturated rings.